The predicted molar refractivity (Wildman–Crippen MR) is 87.4 cm³/mol. The molecule has 2 aromatic rings. The van der Waals surface area contributed by atoms with E-state index in [-0.39, 0.29) is 0 Å². The average Bonchev–Trinajstić information content (AvgIpc) is 3.08. The van der Waals surface area contributed by atoms with Gasteiger partial charge in [-0.05, 0) is 38.6 Å². The lowest BCUT2D eigenvalue weighted by Crippen LogP contribution is -2.43. The summed E-state index contributed by atoms with van der Waals surface area (Å²) in [7, 11) is 6.35. The van der Waals surface area contributed by atoms with Crippen molar-refractivity contribution in [2.75, 3.05) is 20.6 Å². The Morgan fingerprint density at radius 2 is 2.14 bits per heavy atom. The Kier molecular flexibility index (Phi) is 4.55. The molecule has 1 fully saturated rings. The van der Waals surface area contributed by atoms with Gasteiger partial charge < -0.3 is 4.90 Å². The summed E-state index contributed by atoms with van der Waals surface area (Å²) in [6.45, 7) is 2.12. The Morgan fingerprint density at radius 1 is 1.27 bits per heavy atom. The fourth-order valence-corrected chi connectivity index (χ4v) is 3.51. The second-order valence-corrected chi connectivity index (χ2v) is 6.45. The highest BCUT2D eigenvalue weighted by molar-refractivity contribution is 5.13. The molecule has 2 atom stereocenters. The Bertz CT molecular complexity index is 592. The molecule has 22 heavy (non-hydrogen) atoms. The van der Waals surface area contributed by atoms with E-state index < -0.39 is 0 Å². The number of likely N-dealkylation sites (tertiary alicyclic amines) is 1. The molecule has 1 aliphatic heterocycles. The number of hydrogen-bond acceptors (Lipinski definition) is 4. The Hall–Kier alpha value is -1.72. The second kappa shape index (κ2) is 6.58. The van der Waals surface area contributed by atoms with Crippen molar-refractivity contribution in [1.82, 2.24) is 24.6 Å². The lowest BCUT2D eigenvalue weighted by molar-refractivity contribution is 0.178. The number of aromatic nitrogens is 3. The summed E-state index contributed by atoms with van der Waals surface area (Å²) < 4.78 is 1.88. The van der Waals surface area contributed by atoms with Crippen molar-refractivity contribution in [1.29, 1.82) is 0 Å². The molecule has 0 aliphatic carbocycles. The summed E-state index contributed by atoms with van der Waals surface area (Å²) in [6, 6.07) is 5.33. The zero-order chi connectivity index (χ0) is 15.5. The average molecular weight is 299 g/mol. The summed E-state index contributed by atoms with van der Waals surface area (Å²) >= 11 is 0. The number of hydrogen-bond donors (Lipinski definition) is 0. The van der Waals surface area contributed by atoms with Gasteiger partial charge in [0.15, 0.2) is 0 Å². The predicted octanol–water partition coefficient (Wildman–Crippen LogP) is 1.56. The topological polar surface area (TPSA) is 37.2 Å². The third-order valence-electron chi connectivity index (χ3n) is 4.60. The van der Waals surface area contributed by atoms with Crippen molar-refractivity contribution < 1.29 is 0 Å². The largest absolute Gasteiger partial charge is 0.305 e. The zero-order valence-corrected chi connectivity index (χ0v) is 13.7. The van der Waals surface area contributed by atoms with Gasteiger partial charge in [0.05, 0.1) is 6.20 Å². The lowest BCUT2D eigenvalue weighted by Gasteiger charge is -2.31. The summed E-state index contributed by atoms with van der Waals surface area (Å²) in [6.07, 6.45) is 10.2. The van der Waals surface area contributed by atoms with Crippen LogP contribution in [0.1, 0.15) is 17.5 Å². The van der Waals surface area contributed by atoms with Gasteiger partial charge in [-0.1, -0.05) is 6.07 Å². The van der Waals surface area contributed by atoms with Gasteiger partial charge in [-0.15, -0.1) is 0 Å². The fraction of sp³-hybridized carbons (Fsp3) is 0.529. The third-order valence-corrected chi connectivity index (χ3v) is 4.60. The van der Waals surface area contributed by atoms with E-state index in [1.807, 2.05) is 36.4 Å². The molecule has 0 bridgehead atoms. The van der Waals surface area contributed by atoms with Crippen LogP contribution < -0.4 is 0 Å². The van der Waals surface area contributed by atoms with E-state index in [9.17, 15) is 0 Å². The molecule has 0 amide bonds. The minimum atomic E-state index is 0.527. The zero-order valence-electron chi connectivity index (χ0n) is 13.7. The summed E-state index contributed by atoms with van der Waals surface area (Å²) in [5.74, 6) is 0. The van der Waals surface area contributed by atoms with Crippen LogP contribution in [0.2, 0.25) is 0 Å². The number of likely N-dealkylation sites (N-methyl/N-ethyl adjacent to an activating group) is 1. The molecule has 0 radical (unpaired) electrons. The number of pyridine rings is 1. The van der Waals surface area contributed by atoms with Crippen LogP contribution in [0.4, 0.5) is 0 Å². The molecule has 1 aliphatic rings. The van der Waals surface area contributed by atoms with Crippen molar-refractivity contribution in [3.05, 3.63) is 48.0 Å². The number of rotatable bonds is 5. The van der Waals surface area contributed by atoms with Crippen molar-refractivity contribution in [2.24, 2.45) is 7.05 Å². The highest BCUT2D eigenvalue weighted by Gasteiger charge is 2.35. The monoisotopic (exact) mass is 299 g/mol. The first-order valence-electron chi connectivity index (χ1n) is 7.90. The number of nitrogens with zero attached hydrogens (tertiary/aromatic N) is 5. The van der Waals surface area contributed by atoms with Crippen LogP contribution in [0.15, 0.2) is 36.9 Å². The van der Waals surface area contributed by atoms with Crippen LogP contribution in [0.5, 0.6) is 0 Å². The van der Waals surface area contributed by atoms with Crippen LogP contribution in [0, 0.1) is 0 Å². The molecular formula is C17H25N5. The van der Waals surface area contributed by atoms with Crippen molar-refractivity contribution in [3.63, 3.8) is 0 Å². The SMILES string of the molecule is CN(C)[C@@H]1CCN(Cc2cnn(C)c2)[C@H]1Cc1cccnc1. The lowest BCUT2D eigenvalue weighted by atomic mass is 10.0. The van der Waals surface area contributed by atoms with Gasteiger partial charge in [-0.2, -0.15) is 5.10 Å². The smallest absolute Gasteiger partial charge is 0.0534 e. The highest BCUT2D eigenvalue weighted by Crippen LogP contribution is 2.26. The van der Waals surface area contributed by atoms with Gasteiger partial charge in [0.2, 0.25) is 0 Å². The Balaban J connectivity index is 1.76. The van der Waals surface area contributed by atoms with Gasteiger partial charge >= 0.3 is 0 Å². The first kappa shape index (κ1) is 15.2. The molecule has 0 N–H and O–H groups in total. The van der Waals surface area contributed by atoms with Crippen LogP contribution >= 0.6 is 0 Å². The molecule has 5 heteroatoms. The molecule has 3 heterocycles. The van der Waals surface area contributed by atoms with Crippen LogP contribution in [0.3, 0.4) is 0 Å². The summed E-state index contributed by atoms with van der Waals surface area (Å²) in [4.78, 5) is 9.22. The Labute approximate surface area is 132 Å². The van der Waals surface area contributed by atoms with Crippen molar-refractivity contribution in [3.8, 4) is 0 Å². The van der Waals surface area contributed by atoms with E-state index >= 15 is 0 Å². The maximum absolute atomic E-state index is 4.29. The number of aryl methyl sites for hydroxylation is 1. The van der Waals surface area contributed by atoms with E-state index in [0.717, 1.165) is 19.5 Å². The molecule has 0 aromatic carbocycles. The molecule has 3 rings (SSSR count). The molecule has 0 unspecified atom stereocenters. The molecule has 118 valence electrons. The van der Waals surface area contributed by atoms with Crippen molar-refractivity contribution in [2.45, 2.75) is 31.5 Å². The third kappa shape index (κ3) is 3.36. The quantitative estimate of drug-likeness (QED) is 0.840. The van der Waals surface area contributed by atoms with Crippen LogP contribution in [-0.2, 0) is 20.0 Å². The molecular weight excluding hydrogens is 274 g/mol. The minimum Gasteiger partial charge on any atom is -0.305 e. The normalized spacial score (nSPS) is 22.5. The fourth-order valence-electron chi connectivity index (χ4n) is 3.51. The Morgan fingerprint density at radius 3 is 2.77 bits per heavy atom. The van der Waals surface area contributed by atoms with Gasteiger partial charge in [0, 0.05) is 56.4 Å². The van der Waals surface area contributed by atoms with Gasteiger partial charge in [0.1, 0.15) is 0 Å². The molecule has 0 spiro atoms. The maximum Gasteiger partial charge on any atom is 0.0534 e. The standard InChI is InChI=1S/C17H25N5/c1-20(2)16-6-8-22(13-15-11-19-21(3)12-15)17(16)9-14-5-4-7-18-10-14/h4-5,7,10-12,16-17H,6,8-9,13H2,1-3H3/t16-,17+/m1/s1. The van der Waals surface area contributed by atoms with E-state index in [0.29, 0.717) is 12.1 Å². The van der Waals surface area contributed by atoms with Crippen LogP contribution in [-0.4, -0.2) is 57.3 Å². The highest BCUT2D eigenvalue weighted by atomic mass is 15.3. The van der Waals surface area contributed by atoms with Crippen molar-refractivity contribution >= 4 is 0 Å². The van der Waals surface area contributed by atoms with Gasteiger partial charge in [0.25, 0.3) is 0 Å². The van der Waals surface area contributed by atoms with Gasteiger partial charge in [-0.25, -0.2) is 0 Å². The van der Waals surface area contributed by atoms with E-state index in [2.05, 4.69) is 46.2 Å². The molecule has 2 aromatic heterocycles. The van der Waals surface area contributed by atoms with Crippen LogP contribution in [0.25, 0.3) is 0 Å². The first-order valence-corrected chi connectivity index (χ1v) is 7.90. The van der Waals surface area contributed by atoms with E-state index in [1.165, 1.54) is 17.5 Å². The second-order valence-electron chi connectivity index (χ2n) is 6.45. The summed E-state index contributed by atoms with van der Waals surface area (Å²) in [5, 5.41) is 4.29. The molecule has 0 saturated carbocycles. The molecule has 5 nitrogen and oxygen atoms in total. The first-order chi connectivity index (χ1) is 10.6. The van der Waals surface area contributed by atoms with Gasteiger partial charge in [-0.3, -0.25) is 14.6 Å². The maximum atomic E-state index is 4.29. The van der Waals surface area contributed by atoms with E-state index in [4.69, 9.17) is 0 Å². The molecule has 1 saturated heterocycles. The summed E-state index contributed by atoms with van der Waals surface area (Å²) in [5.41, 5.74) is 2.61. The minimum absolute atomic E-state index is 0.527. The van der Waals surface area contributed by atoms with E-state index in [1.54, 1.807) is 0 Å².